The second-order valence-electron chi connectivity index (χ2n) is 3.95. The number of hydrogen-bond donors (Lipinski definition) is 0. The molecule has 5 heteroatoms. The van der Waals surface area contributed by atoms with Gasteiger partial charge in [-0.25, -0.2) is 4.39 Å². The largest absolute Gasteiger partial charge is 0.334 e. The van der Waals surface area contributed by atoms with Gasteiger partial charge in [-0.3, -0.25) is 4.79 Å². The van der Waals surface area contributed by atoms with Gasteiger partial charge in [-0.05, 0) is 24.3 Å². The molecule has 4 nitrogen and oxygen atoms in total. The van der Waals surface area contributed by atoms with Gasteiger partial charge in [0, 0.05) is 11.5 Å². The zero-order valence-corrected chi connectivity index (χ0v) is 9.48. The summed E-state index contributed by atoms with van der Waals surface area (Å²) >= 11 is 0. The lowest BCUT2D eigenvalue weighted by Crippen LogP contribution is -2.09. The van der Waals surface area contributed by atoms with E-state index < -0.39 is 0 Å². The number of carbonyl (C=O) groups is 1. The molecule has 0 saturated carbocycles. The van der Waals surface area contributed by atoms with E-state index in [0.29, 0.717) is 5.56 Å². The van der Waals surface area contributed by atoms with Crippen molar-refractivity contribution >= 4 is 5.78 Å². The minimum atomic E-state index is -0.341. The van der Waals surface area contributed by atoms with Crippen LogP contribution in [0.25, 0.3) is 11.5 Å². The molecule has 88 valence electrons. The molecule has 2 rings (SSSR count). The molecule has 0 bridgehead atoms. The Labute approximate surface area is 97.5 Å². The van der Waals surface area contributed by atoms with Gasteiger partial charge in [-0.15, -0.1) is 0 Å². The highest BCUT2D eigenvalue weighted by atomic mass is 19.1. The van der Waals surface area contributed by atoms with Crippen LogP contribution in [0.4, 0.5) is 4.39 Å². The van der Waals surface area contributed by atoms with Crippen molar-refractivity contribution in [3.63, 3.8) is 0 Å². The Morgan fingerprint density at radius 3 is 2.53 bits per heavy atom. The van der Waals surface area contributed by atoms with E-state index in [1.54, 1.807) is 13.8 Å². The van der Waals surface area contributed by atoms with Gasteiger partial charge in [0.05, 0.1) is 0 Å². The highest BCUT2D eigenvalue weighted by molar-refractivity contribution is 5.94. The van der Waals surface area contributed by atoms with Gasteiger partial charge < -0.3 is 4.52 Å². The molecule has 0 radical (unpaired) electrons. The number of hydrogen-bond acceptors (Lipinski definition) is 4. The predicted octanol–water partition coefficient (Wildman–Crippen LogP) is 2.71. The highest BCUT2D eigenvalue weighted by Gasteiger charge is 2.18. The van der Waals surface area contributed by atoms with E-state index in [0.717, 1.165) is 0 Å². The normalized spacial score (nSPS) is 10.8. The molecule has 0 aliphatic heterocycles. The van der Waals surface area contributed by atoms with Crippen LogP contribution in [0.3, 0.4) is 0 Å². The van der Waals surface area contributed by atoms with Crippen molar-refractivity contribution in [3.8, 4) is 11.5 Å². The molecule has 0 spiro atoms. The number of Topliss-reactive ketones (excluding diaryl/α,β-unsaturated/α-hetero) is 1. The Morgan fingerprint density at radius 2 is 1.94 bits per heavy atom. The topological polar surface area (TPSA) is 56.0 Å². The number of benzene rings is 1. The van der Waals surface area contributed by atoms with Crippen molar-refractivity contribution in [2.24, 2.45) is 5.92 Å². The van der Waals surface area contributed by atoms with Crippen LogP contribution in [-0.4, -0.2) is 15.9 Å². The van der Waals surface area contributed by atoms with Crippen molar-refractivity contribution in [2.45, 2.75) is 13.8 Å². The molecule has 0 saturated heterocycles. The first-order valence-electron chi connectivity index (χ1n) is 5.22. The van der Waals surface area contributed by atoms with E-state index in [1.165, 1.54) is 24.3 Å². The SMILES string of the molecule is CC(C)C(=O)c1noc(-c2ccc(F)cc2)n1. The zero-order chi connectivity index (χ0) is 12.4. The van der Waals surface area contributed by atoms with E-state index in [9.17, 15) is 9.18 Å². The summed E-state index contributed by atoms with van der Waals surface area (Å²) in [7, 11) is 0. The standard InChI is InChI=1S/C12H11FN2O2/c1-7(2)10(16)11-14-12(17-15-11)8-3-5-9(13)6-4-8/h3-7H,1-2H3. The molecule has 1 aromatic carbocycles. The molecule has 0 N–H and O–H groups in total. The summed E-state index contributed by atoms with van der Waals surface area (Å²) in [4.78, 5) is 15.6. The summed E-state index contributed by atoms with van der Waals surface area (Å²) < 4.78 is 17.7. The minimum Gasteiger partial charge on any atom is -0.334 e. The van der Waals surface area contributed by atoms with E-state index in [2.05, 4.69) is 10.1 Å². The molecule has 0 atom stereocenters. The summed E-state index contributed by atoms with van der Waals surface area (Å²) in [6.45, 7) is 3.52. The van der Waals surface area contributed by atoms with Gasteiger partial charge >= 0.3 is 0 Å². The Morgan fingerprint density at radius 1 is 1.29 bits per heavy atom. The van der Waals surface area contributed by atoms with Gasteiger partial charge in [-0.1, -0.05) is 19.0 Å². The van der Waals surface area contributed by atoms with E-state index in [1.807, 2.05) is 0 Å². The van der Waals surface area contributed by atoms with E-state index >= 15 is 0 Å². The highest BCUT2D eigenvalue weighted by Crippen LogP contribution is 2.18. The van der Waals surface area contributed by atoms with Crippen LogP contribution in [-0.2, 0) is 0 Å². The molecule has 0 fully saturated rings. The number of ketones is 1. The summed E-state index contributed by atoms with van der Waals surface area (Å²) in [5, 5.41) is 3.61. The fourth-order valence-corrected chi connectivity index (χ4v) is 1.29. The number of carbonyl (C=O) groups excluding carboxylic acids is 1. The van der Waals surface area contributed by atoms with Crippen molar-refractivity contribution < 1.29 is 13.7 Å². The van der Waals surface area contributed by atoms with Crippen LogP contribution in [0, 0.1) is 11.7 Å². The molecule has 0 aliphatic rings. The van der Waals surface area contributed by atoms with Crippen LogP contribution in [0.1, 0.15) is 24.5 Å². The third-order valence-corrected chi connectivity index (χ3v) is 2.26. The molecule has 1 heterocycles. The van der Waals surface area contributed by atoms with Crippen molar-refractivity contribution in [2.75, 3.05) is 0 Å². The first-order valence-corrected chi connectivity index (χ1v) is 5.22. The zero-order valence-electron chi connectivity index (χ0n) is 9.48. The Balaban J connectivity index is 2.30. The first-order chi connectivity index (χ1) is 8.08. The average Bonchev–Trinajstić information content (AvgIpc) is 2.78. The average molecular weight is 234 g/mol. The summed E-state index contributed by atoms with van der Waals surface area (Å²) in [5.74, 6) is -0.434. The monoisotopic (exact) mass is 234 g/mol. The summed E-state index contributed by atoms with van der Waals surface area (Å²) in [5.41, 5.74) is 0.585. The molecule has 17 heavy (non-hydrogen) atoms. The van der Waals surface area contributed by atoms with Gasteiger partial charge in [0.2, 0.25) is 11.6 Å². The third-order valence-electron chi connectivity index (χ3n) is 2.26. The number of halogens is 1. The lowest BCUT2D eigenvalue weighted by molar-refractivity contribution is 0.0926. The number of aromatic nitrogens is 2. The lowest BCUT2D eigenvalue weighted by Gasteiger charge is -1.95. The smallest absolute Gasteiger partial charge is 0.258 e. The van der Waals surface area contributed by atoms with Crippen molar-refractivity contribution in [3.05, 3.63) is 35.9 Å². The fourth-order valence-electron chi connectivity index (χ4n) is 1.29. The maximum atomic E-state index is 12.7. The Hall–Kier alpha value is -2.04. The Bertz CT molecular complexity index is 532. The minimum absolute atomic E-state index is 0.0549. The van der Waals surface area contributed by atoms with E-state index in [4.69, 9.17) is 4.52 Å². The van der Waals surface area contributed by atoms with Crippen LogP contribution >= 0.6 is 0 Å². The predicted molar refractivity (Wildman–Crippen MR) is 58.9 cm³/mol. The number of rotatable bonds is 3. The number of nitrogens with zero attached hydrogens (tertiary/aromatic N) is 2. The summed E-state index contributed by atoms with van der Waals surface area (Å²) in [6, 6.07) is 5.63. The molecule has 1 aromatic heterocycles. The fraction of sp³-hybridized carbons (Fsp3) is 0.250. The maximum Gasteiger partial charge on any atom is 0.258 e. The van der Waals surface area contributed by atoms with Gasteiger partial charge in [0.15, 0.2) is 0 Å². The van der Waals surface area contributed by atoms with Gasteiger partial charge in [-0.2, -0.15) is 4.98 Å². The first kappa shape index (κ1) is 11.4. The van der Waals surface area contributed by atoms with Crippen molar-refractivity contribution in [1.82, 2.24) is 10.1 Å². The molecule has 0 unspecified atom stereocenters. The third kappa shape index (κ3) is 2.38. The van der Waals surface area contributed by atoms with Crippen LogP contribution in [0.5, 0.6) is 0 Å². The van der Waals surface area contributed by atoms with Crippen molar-refractivity contribution in [1.29, 1.82) is 0 Å². The molecular formula is C12H11FN2O2. The molecular weight excluding hydrogens is 223 g/mol. The Kier molecular flexibility index (Phi) is 2.99. The van der Waals surface area contributed by atoms with Crippen LogP contribution < -0.4 is 0 Å². The maximum absolute atomic E-state index is 12.7. The molecule has 0 aliphatic carbocycles. The van der Waals surface area contributed by atoms with Gasteiger partial charge in [0.1, 0.15) is 5.82 Å². The quantitative estimate of drug-likeness (QED) is 0.766. The molecule has 0 amide bonds. The van der Waals surface area contributed by atoms with Crippen LogP contribution in [0.15, 0.2) is 28.8 Å². The second kappa shape index (κ2) is 4.45. The van der Waals surface area contributed by atoms with Crippen LogP contribution in [0.2, 0.25) is 0 Å². The second-order valence-corrected chi connectivity index (χ2v) is 3.95. The summed E-state index contributed by atoms with van der Waals surface area (Å²) in [6.07, 6.45) is 0. The van der Waals surface area contributed by atoms with E-state index in [-0.39, 0.29) is 29.2 Å². The van der Waals surface area contributed by atoms with Gasteiger partial charge in [0.25, 0.3) is 5.89 Å². The lowest BCUT2D eigenvalue weighted by atomic mass is 10.1. The molecule has 2 aromatic rings.